The molecule has 0 heterocycles. The van der Waals surface area contributed by atoms with E-state index in [4.69, 9.17) is 5.73 Å². The Labute approximate surface area is 114 Å². The Kier molecular flexibility index (Phi) is 6.13. The Hall–Kier alpha value is -0.0800. The van der Waals surface area contributed by atoms with E-state index < -0.39 is 0 Å². The van der Waals surface area contributed by atoms with Crippen LogP contribution in [0.4, 0.5) is 0 Å². The third-order valence-corrected chi connectivity index (χ3v) is 5.31. The molecular formula is C16H34N2. The number of hydrogen-bond donors (Lipinski definition) is 1. The van der Waals surface area contributed by atoms with Crippen molar-refractivity contribution in [3.05, 3.63) is 0 Å². The van der Waals surface area contributed by atoms with Gasteiger partial charge in [0.2, 0.25) is 0 Å². The minimum Gasteiger partial charge on any atom is -0.329 e. The first-order chi connectivity index (χ1) is 8.50. The Balaban J connectivity index is 2.87. The molecule has 0 aromatic heterocycles. The van der Waals surface area contributed by atoms with Crippen molar-refractivity contribution in [2.45, 2.75) is 65.8 Å². The molecule has 108 valence electrons. The van der Waals surface area contributed by atoms with Gasteiger partial charge in [0.25, 0.3) is 0 Å². The van der Waals surface area contributed by atoms with Gasteiger partial charge in [0.15, 0.2) is 0 Å². The molecule has 1 rings (SSSR count). The molecule has 0 aromatic carbocycles. The molecule has 1 fully saturated rings. The molecule has 1 aliphatic rings. The summed E-state index contributed by atoms with van der Waals surface area (Å²) in [5.41, 5.74) is 6.50. The average Bonchev–Trinajstić information content (AvgIpc) is 2.38. The average molecular weight is 254 g/mol. The fourth-order valence-electron chi connectivity index (χ4n) is 3.70. The molecule has 1 saturated carbocycles. The fourth-order valence-corrected chi connectivity index (χ4v) is 3.70. The van der Waals surface area contributed by atoms with E-state index in [0.717, 1.165) is 30.8 Å². The van der Waals surface area contributed by atoms with Gasteiger partial charge in [-0.1, -0.05) is 47.5 Å². The van der Waals surface area contributed by atoms with Crippen LogP contribution in [-0.4, -0.2) is 30.1 Å². The van der Waals surface area contributed by atoms with Gasteiger partial charge in [-0.05, 0) is 37.1 Å². The van der Waals surface area contributed by atoms with Crippen molar-refractivity contribution in [2.24, 2.45) is 23.5 Å². The highest BCUT2D eigenvalue weighted by atomic mass is 15.2. The van der Waals surface area contributed by atoms with Crippen LogP contribution < -0.4 is 5.73 Å². The number of nitrogens with zero attached hydrogens (tertiary/aromatic N) is 1. The molecule has 0 bridgehead atoms. The lowest BCUT2D eigenvalue weighted by molar-refractivity contribution is -0.00903. The fraction of sp³-hybridized carbons (Fsp3) is 1.00. The van der Waals surface area contributed by atoms with E-state index in [1.54, 1.807) is 0 Å². The van der Waals surface area contributed by atoms with Crippen LogP contribution in [0.1, 0.15) is 60.3 Å². The van der Waals surface area contributed by atoms with Gasteiger partial charge in [0.05, 0.1) is 0 Å². The number of hydrogen-bond acceptors (Lipinski definition) is 2. The standard InChI is InChI=1S/C16H34N2/c1-6-13(3)11-18(7-2)16(12-17)10-14(4)8-9-15(16)5/h13-15H,6-12,17H2,1-5H3. The predicted octanol–water partition coefficient (Wildman–Crippen LogP) is 3.51. The van der Waals surface area contributed by atoms with Crippen LogP contribution in [0.5, 0.6) is 0 Å². The SMILES string of the molecule is CCC(C)CN(CC)C1(CN)CC(C)CCC1C. The minimum absolute atomic E-state index is 0.260. The zero-order valence-electron chi connectivity index (χ0n) is 13.2. The maximum atomic E-state index is 6.24. The number of nitrogens with two attached hydrogens (primary N) is 1. The summed E-state index contributed by atoms with van der Waals surface area (Å²) in [5, 5.41) is 0. The molecule has 2 heteroatoms. The Morgan fingerprint density at radius 2 is 1.94 bits per heavy atom. The van der Waals surface area contributed by atoms with Gasteiger partial charge in [-0.3, -0.25) is 4.90 Å². The lowest BCUT2D eigenvalue weighted by Gasteiger charge is -2.52. The van der Waals surface area contributed by atoms with Gasteiger partial charge in [-0.25, -0.2) is 0 Å². The first-order valence-corrected chi connectivity index (χ1v) is 7.95. The molecule has 18 heavy (non-hydrogen) atoms. The monoisotopic (exact) mass is 254 g/mol. The zero-order valence-corrected chi connectivity index (χ0v) is 13.2. The Bertz CT molecular complexity index is 241. The van der Waals surface area contributed by atoms with Crippen LogP contribution in [0, 0.1) is 17.8 Å². The van der Waals surface area contributed by atoms with E-state index in [9.17, 15) is 0 Å². The molecule has 0 aliphatic heterocycles. The minimum atomic E-state index is 0.260. The largest absolute Gasteiger partial charge is 0.329 e. The summed E-state index contributed by atoms with van der Waals surface area (Å²) in [4.78, 5) is 2.70. The summed E-state index contributed by atoms with van der Waals surface area (Å²) in [6.07, 6.45) is 5.27. The van der Waals surface area contributed by atoms with Gasteiger partial charge < -0.3 is 5.73 Å². The molecule has 0 saturated heterocycles. The van der Waals surface area contributed by atoms with Crippen LogP contribution in [0.3, 0.4) is 0 Å². The maximum Gasteiger partial charge on any atom is 0.0359 e. The molecule has 2 nitrogen and oxygen atoms in total. The van der Waals surface area contributed by atoms with E-state index in [1.165, 1.54) is 32.2 Å². The molecule has 2 N–H and O–H groups in total. The quantitative estimate of drug-likeness (QED) is 0.786. The predicted molar refractivity (Wildman–Crippen MR) is 80.7 cm³/mol. The smallest absolute Gasteiger partial charge is 0.0359 e. The van der Waals surface area contributed by atoms with Crippen molar-refractivity contribution in [2.75, 3.05) is 19.6 Å². The highest BCUT2D eigenvalue weighted by Crippen LogP contribution is 2.40. The lowest BCUT2D eigenvalue weighted by atomic mass is 9.68. The molecular weight excluding hydrogens is 220 g/mol. The third kappa shape index (κ3) is 3.27. The van der Waals surface area contributed by atoms with Crippen molar-refractivity contribution in [3.8, 4) is 0 Å². The van der Waals surface area contributed by atoms with Gasteiger partial charge in [0.1, 0.15) is 0 Å². The lowest BCUT2D eigenvalue weighted by Crippen LogP contribution is -2.61. The Morgan fingerprint density at radius 1 is 1.28 bits per heavy atom. The van der Waals surface area contributed by atoms with Crippen LogP contribution in [-0.2, 0) is 0 Å². The first-order valence-electron chi connectivity index (χ1n) is 7.95. The zero-order chi connectivity index (χ0) is 13.8. The summed E-state index contributed by atoms with van der Waals surface area (Å²) < 4.78 is 0. The van der Waals surface area contributed by atoms with Gasteiger partial charge in [0, 0.05) is 18.6 Å². The number of rotatable bonds is 6. The van der Waals surface area contributed by atoms with Crippen molar-refractivity contribution in [1.29, 1.82) is 0 Å². The maximum absolute atomic E-state index is 6.24. The van der Waals surface area contributed by atoms with Crippen LogP contribution in [0.25, 0.3) is 0 Å². The first kappa shape index (κ1) is 16.0. The molecule has 1 aliphatic carbocycles. The van der Waals surface area contributed by atoms with E-state index in [2.05, 4.69) is 39.5 Å². The molecule has 0 radical (unpaired) electrons. The summed E-state index contributed by atoms with van der Waals surface area (Å²) in [5.74, 6) is 2.34. The van der Waals surface area contributed by atoms with Gasteiger partial charge in [-0.2, -0.15) is 0 Å². The van der Waals surface area contributed by atoms with E-state index in [-0.39, 0.29) is 5.54 Å². The summed E-state index contributed by atoms with van der Waals surface area (Å²) in [6, 6.07) is 0. The second kappa shape index (κ2) is 6.91. The Morgan fingerprint density at radius 3 is 2.44 bits per heavy atom. The van der Waals surface area contributed by atoms with Crippen molar-refractivity contribution in [3.63, 3.8) is 0 Å². The van der Waals surface area contributed by atoms with Crippen LogP contribution >= 0.6 is 0 Å². The highest BCUT2D eigenvalue weighted by Gasteiger charge is 2.43. The van der Waals surface area contributed by atoms with Crippen molar-refractivity contribution < 1.29 is 0 Å². The molecule has 0 spiro atoms. The van der Waals surface area contributed by atoms with E-state index >= 15 is 0 Å². The molecule has 0 aromatic rings. The second-order valence-electron chi connectivity index (χ2n) is 6.65. The van der Waals surface area contributed by atoms with E-state index in [0.29, 0.717) is 0 Å². The van der Waals surface area contributed by atoms with Crippen molar-refractivity contribution in [1.82, 2.24) is 4.90 Å². The molecule has 4 unspecified atom stereocenters. The summed E-state index contributed by atoms with van der Waals surface area (Å²) in [6.45, 7) is 14.9. The molecule has 4 atom stereocenters. The third-order valence-electron chi connectivity index (χ3n) is 5.31. The summed E-state index contributed by atoms with van der Waals surface area (Å²) in [7, 11) is 0. The van der Waals surface area contributed by atoms with Crippen LogP contribution in [0.2, 0.25) is 0 Å². The van der Waals surface area contributed by atoms with Crippen LogP contribution in [0.15, 0.2) is 0 Å². The number of likely N-dealkylation sites (N-methyl/N-ethyl adjacent to an activating group) is 1. The summed E-state index contributed by atoms with van der Waals surface area (Å²) >= 11 is 0. The van der Waals surface area contributed by atoms with E-state index in [1.807, 2.05) is 0 Å². The van der Waals surface area contributed by atoms with Crippen molar-refractivity contribution >= 4 is 0 Å². The topological polar surface area (TPSA) is 29.3 Å². The highest BCUT2D eigenvalue weighted by molar-refractivity contribution is 5.00. The molecule has 0 amide bonds. The van der Waals surface area contributed by atoms with Gasteiger partial charge >= 0.3 is 0 Å². The normalized spacial score (nSPS) is 34.8. The second-order valence-corrected chi connectivity index (χ2v) is 6.65. The van der Waals surface area contributed by atoms with Gasteiger partial charge in [-0.15, -0.1) is 0 Å².